The summed E-state index contributed by atoms with van der Waals surface area (Å²) in [7, 11) is -4.15. The lowest BCUT2D eigenvalue weighted by atomic mass is 10.2. The van der Waals surface area contributed by atoms with Crippen molar-refractivity contribution in [2.24, 2.45) is 0 Å². The zero-order valence-electron chi connectivity index (χ0n) is 16.4. The number of amides is 1. The Morgan fingerprint density at radius 2 is 1.82 bits per heavy atom. The average molecular weight is 411 g/mol. The molecule has 0 aromatic heterocycles. The van der Waals surface area contributed by atoms with E-state index in [9.17, 15) is 23.3 Å². The smallest absolute Gasteiger partial charge is 0.410 e. The number of sulfonamides is 1. The van der Waals surface area contributed by atoms with E-state index in [1.807, 2.05) is 0 Å². The largest absolute Gasteiger partial charge is 0.444 e. The number of carbonyl (C=O) groups is 1. The Morgan fingerprint density at radius 1 is 1.21 bits per heavy atom. The number of rotatable bonds is 3. The number of hydrogen-bond acceptors (Lipinski definition) is 6. The topological polar surface area (TPSA) is 110 Å². The highest BCUT2D eigenvalue weighted by Crippen LogP contribution is 2.28. The summed E-state index contributed by atoms with van der Waals surface area (Å²) in [6.45, 7) is 7.34. The predicted octanol–water partition coefficient (Wildman–Crippen LogP) is 2.78. The van der Waals surface area contributed by atoms with Gasteiger partial charge in [-0.15, -0.1) is 0 Å². The van der Waals surface area contributed by atoms with Gasteiger partial charge in [0, 0.05) is 31.7 Å². The second-order valence-corrected chi connectivity index (χ2v) is 9.36. The molecule has 1 unspecified atom stereocenters. The molecule has 2 rings (SSSR count). The third kappa shape index (κ3) is 5.08. The highest BCUT2D eigenvalue weighted by Gasteiger charge is 2.36. The summed E-state index contributed by atoms with van der Waals surface area (Å²) in [4.78, 5) is 24.0. The van der Waals surface area contributed by atoms with E-state index in [2.05, 4.69) is 0 Å². The van der Waals surface area contributed by atoms with Crippen molar-refractivity contribution < 1.29 is 22.9 Å². The molecule has 0 saturated heterocycles. The van der Waals surface area contributed by atoms with Gasteiger partial charge in [-0.2, -0.15) is 4.31 Å². The third-order valence-electron chi connectivity index (χ3n) is 4.05. The van der Waals surface area contributed by atoms with E-state index < -0.39 is 38.4 Å². The second kappa shape index (κ2) is 8.27. The Labute approximate surface area is 164 Å². The Kier molecular flexibility index (Phi) is 6.45. The summed E-state index contributed by atoms with van der Waals surface area (Å²) < 4.78 is 32.8. The number of hydrogen-bond donors (Lipinski definition) is 0. The van der Waals surface area contributed by atoms with E-state index in [0.717, 1.165) is 10.4 Å². The lowest BCUT2D eigenvalue weighted by Crippen LogP contribution is -2.49. The SMILES string of the molecule is CC1CN(C(=O)OC(C)(C)C)CC=CCN1S(=O)(=O)c1ccccc1[N+](=O)[O-]. The molecule has 0 spiro atoms. The van der Waals surface area contributed by atoms with Crippen molar-refractivity contribution in [3.8, 4) is 0 Å². The first-order chi connectivity index (χ1) is 12.9. The van der Waals surface area contributed by atoms with Crippen LogP contribution in [0.1, 0.15) is 27.7 Å². The number of ether oxygens (including phenoxy) is 1. The van der Waals surface area contributed by atoms with E-state index in [-0.39, 0.29) is 18.0 Å². The summed E-state index contributed by atoms with van der Waals surface area (Å²) in [5.74, 6) is 0. The molecule has 0 fully saturated rings. The second-order valence-electron chi connectivity index (χ2n) is 7.51. The van der Waals surface area contributed by atoms with Crippen molar-refractivity contribution in [2.75, 3.05) is 19.6 Å². The van der Waals surface area contributed by atoms with Crippen molar-refractivity contribution in [1.82, 2.24) is 9.21 Å². The van der Waals surface area contributed by atoms with Crippen LogP contribution >= 0.6 is 0 Å². The van der Waals surface area contributed by atoms with Crippen LogP contribution in [0.25, 0.3) is 0 Å². The van der Waals surface area contributed by atoms with Crippen LogP contribution in [0.5, 0.6) is 0 Å². The molecular weight excluding hydrogens is 386 g/mol. The van der Waals surface area contributed by atoms with Crippen LogP contribution in [0.3, 0.4) is 0 Å². The van der Waals surface area contributed by atoms with Crippen molar-refractivity contribution in [3.05, 3.63) is 46.5 Å². The van der Waals surface area contributed by atoms with E-state index in [4.69, 9.17) is 4.74 Å². The van der Waals surface area contributed by atoms with Crippen LogP contribution in [0.2, 0.25) is 0 Å². The lowest BCUT2D eigenvalue weighted by Gasteiger charge is -2.34. The fourth-order valence-corrected chi connectivity index (χ4v) is 4.54. The van der Waals surface area contributed by atoms with Gasteiger partial charge in [-0.3, -0.25) is 10.1 Å². The van der Waals surface area contributed by atoms with Crippen molar-refractivity contribution >= 4 is 21.8 Å². The molecule has 28 heavy (non-hydrogen) atoms. The minimum atomic E-state index is -4.15. The molecule has 1 aliphatic rings. The van der Waals surface area contributed by atoms with Crippen LogP contribution in [0, 0.1) is 10.1 Å². The van der Waals surface area contributed by atoms with E-state index in [1.165, 1.54) is 23.1 Å². The molecule has 1 aromatic carbocycles. The molecule has 1 heterocycles. The van der Waals surface area contributed by atoms with Crippen LogP contribution < -0.4 is 0 Å². The van der Waals surface area contributed by atoms with Gasteiger partial charge in [0.25, 0.3) is 5.69 Å². The fourth-order valence-electron chi connectivity index (χ4n) is 2.81. The minimum Gasteiger partial charge on any atom is -0.444 e. The Bertz CT molecular complexity index is 876. The minimum absolute atomic E-state index is 0.0533. The molecular formula is C18H25N3O6S. The molecule has 9 nitrogen and oxygen atoms in total. The Morgan fingerprint density at radius 3 is 2.43 bits per heavy atom. The first-order valence-electron chi connectivity index (χ1n) is 8.81. The lowest BCUT2D eigenvalue weighted by molar-refractivity contribution is -0.387. The quantitative estimate of drug-likeness (QED) is 0.430. The molecule has 0 bridgehead atoms. The van der Waals surface area contributed by atoms with Gasteiger partial charge in [-0.1, -0.05) is 24.3 Å². The number of nitro benzene ring substituents is 1. The van der Waals surface area contributed by atoms with Crippen LogP contribution in [0.4, 0.5) is 10.5 Å². The zero-order valence-corrected chi connectivity index (χ0v) is 17.2. The Balaban J connectivity index is 2.34. The van der Waals surface area contributed by atoms with Gasteiger partial charge < -0.3 is 9.64 Å². The summed E-state index contributed by atoms with van der Waals surface area (Å²) in [6, 6.07) is 4.62. The van der Waals surface area contributed by atoms with E-state index in [1.54, 1.807) is 39.8 Å². The zero-order chi connectivity index (χ0) is 21.1. The molecule has 0 N–H and O–H groups in total. The summed E-state index contributed by atoms with van der Waals surface area (Å²) in [5, 5.41) is 11.3. The Hall–Kier alpha value is -2.46. The fraction of sp³-hybridized carbons (Fsp3) is 0.500. The van der Waals surface area contributed by atoms with Crippen LogP contribution in [0.15, 0.2) is 41.3 Å². The molecule has 0 aliphatic carbocycles. The number of para-hydroxylation sites is 1. The number of carbonyl (C=O) groups excluding carboxylic acids is 1. The van der Waals surface area contributed by atoms with Gasteiger partial charge in [0.05, 0.1) is 4.92 Å². The van der Waals surface area contributed by atoms with E-state index >= 15 is 0 Å². The third-order valence-corrected chi connectivity index (χ3v) is 6.08. The van der Waals surface area contributed by atoms with Gasteiger partial charge in [0.15, 0.2) is 4.90 Å². The summed E-state index contributed by atoms with van der Waals surface area (Å²) in [5.41, 5.74) is -1.16. The van der Waals surface area contributed by atoms with Crippen molar-refractivity contribution in [1.29, 1.82) is 0 Å². The molecule has 154 valence electrons. The maximum Gasteiger partial charge on any atom is 0.410 e. The standard InChI is InChI=1S/C18H25N3O6S/c1-14-13-19(17(22)27-18(2,3)4)11-7-8-12-20(14)28(25,26)16-10-6-5-9-15(16)21(23)24/h5-10,14H,11-13H2,1-4H3. The van der Waals surface area contributed by atoms with E-state index in [0.29, 0.717) is 6.54 Å². The molecule has 1 amide bonds. The number of nitro groups is 1. The van der Waals surface area contributed by atoms with Gasteiger partial charge in [-0.25, -0.2) is 13.2 Å². The monoisotopic (exact) mass is 411 g/mol. The predicted molar refractivity (Wildman–Crippen MR) is 103 cm³/mol. The maximum atomic E-state index is 13.1. The van der Waals surface area contributed by atoms with Crippen LogP contribution in [-0.4, -0.2) is 59.9 Å². The molecule has 0 saturated carbocycles. The highest BCUT2D eigenvalue weighted by atomic mass is 32.2. The first kappa shape index (κ1) is 21.8. The molecule has 1 aromatic rings. The van der Waals surface area contributed by atoms with Gasteiger partial charge in [-0.05, 0) is 33.8 Å². The molecule has 10 heteroatoms. The summed E-state index contributed by atoms with van der Waals surface area (Å²) >= 11 is 0. The van der Waals surface area contributed by atoms with Gasteiger partial charge in [0.2, 0.25) is 10.0 Å². The van der Waals surface area contributed by atoms with Crippen molar-refractivity contribution in [2.45, 2.75) is 44.2 Å². The highest BCUT2D eigenvalue weighted by molar-refractivity contribution is 7.89. The van der Waals surface area contributed by atoms with Gasteiger partial charge in [0.1, 0.15) is 5.60 Å². The molecule has 1 aliphatic heterocycles. The maximum absolute atomic E-state index is 13.1. The normalized spacial score (nSPS) is 19.0. The van der Waals surface area contributed by atoms with Gasteiger partial charge >= 0.3 is 6.09 Å². The van der Waals surface area contributed by atoms with Crippen molar-refractivity contribution in [3.63, 3.8) is 0 Å². The average Bonchev–Trinajstić information content (AvgIpc) is 2.56. The number of benzene rings is 1. The number of nitrogens with zero attached hydrogens (tertiary/aromatic N) is 3. The summed E-state index contributed by atoms with van der Waals surface area (Å²) in [6.07, 6.45) is 2.76. The van der Waals surface area contributed by atoms with Crippen LogP contribution in [-0.2, 0) is 14.8 Å². The molecule has 1 atom stereocenters. The molecule has 0 radical (unpaired) electrons. The first-order valence-corrected chi connectivity index (χ1v) is 10.3.